The molecule has 0 saturated carbocycles. The molecule has 0 aliphatic heterocycles. The van der Waals surface area contributed by atoms with Crippen LogP contribution in [0.4, 0.5) is 0 Å². The van der Waals surface area contributed by atoms with Gasteiger partial charge in [0.25, 0.3) is 0 Å². The molecule has 0 amide bonds. The summed E-state index contributed by atoms with van der Waals surface area (Å²) in [6.45, 7) is 3.31. The van der Waals surface area contributed by atoms with Crippen LogP contribution in [0.25, 0.3) is 177 Å². The Kier molecular flexibility index (Phi) is 7.75. The van der Waals surface area contributed by atoms with E-state index in [1.807, 2.05) is 0 Å². The van der Waals surface area contributed by atoms with Crippen molar-refractivity contribution in [3.05, 3.63) is 386 Å². The van der Waals surface area contributed by atoms with Gasteiger partial charge in [0.15, 0.2) is 0 Å². The smallest absolute Gasteiger partial charge is 0.0648 e. The Morgan fingerprint density at radius 3 is 0.922 bits per heavy atom. The third-order valence-corrected chi connectivity index (χ3v) is 18.2. The number of nitrogens with zero attached hydrogens (tertiary/aromatic N) is 4. The Labute approximate surface area is 648 Å². The van der Waals surface area contributed by atoms with Gasteiger partial charge >= 0.3 is 0 Å². The van der Waals surface area contributed by atoms with Crippen molar-refractivity contribution in [2.75, 3.05) is 0 Å². The van der Waals surface area contributed by atoms with Gasteiger partial charge in [0.2, 0.25) is 0 Å². The second kappa shape index (κ2) is 24.9. The summed E-state index contributed by atoms with van der Waals surface area (Å²) >= 11 is 0. The monoisotopic (exact) mass is 1340 g/mol. The van der Waals surface area contributed by atoms with E-state index in [4.69, 9.17) is 38.4 Å². The van der Waals surface area contributed by atoms with Crippen LogP contribution in [0.3, 0.4) is 0 Å². The van der Waals surface area contributed by atoms with Gasteiger partial charge in [-0.25, -0.2) is 0 Å². The van der Waals surface area contributed by atoms with Gasteiger partial charge in [0.1, 0.15) is 0 Å². The number of rotatable bonds is 10. The minimum Gasteiger partial charge on any atom is -0.309 e. The van der Waals surface area contributed by atoms with Crippen LogP contribution in [0, 0.1) is 13.8 Å². The van der Waals surface area contributed by atoms with Crippen LogP contribution in [-0.2, 0) is 0 Å². The van der Waals surface area contributed by atoms with Gasteiger partial charge in [-0.1, -0.05) is 284 Å². The lowest BCUT2D eigenvalue weighted by Gasteiger charge is -2.21. The molecule has 0 fully saturated rings. The topological polar surface area (TPSA) is 19.7 Å². The Morgan fingerprint density at radius 2 is 0.520 bits per heavy atom. The summed E-state index contributed by atoms with van der Waals surface area (Å²) in [5.74, 6) is 0. The summed E-state index contributed by atoms with van der Waals surface area (Å²) in [4.78, 5) is 0. The van der Waals surface area contributed by atoms with Crippen molar-refractivity contribution in [1.82, 2.24) is 18.3 Å². The third-order valence-electron chi connectivity index (χ3n) is 18.2. The minimum atomic E-state index is -0.773. The van der Waals surface area contributed by atoms with E-state index < -0.39 is 245 Å². The number of hydrogen-bond donors (Lipinski definition) is 0. The fourth-order valence-electron chi connectivity index (χ4n) is 13.9. The van der Waals surface area contributed by atoms with E-state index in [1.165, 1.54) is 28.8 Å². The molecule has 0 saturated heterocycles. The van der Waals surface area contributed by atoms with E-state index in [2.05, 4.69) is 0 Å². The van der Waals surface area contributed by atoms with Crippen molar-refractivity contribution in [2.24, 2.45) is 0 Å². The molecule has 4 heterocycles. The summed E-state index contributed by atoms with van der Waals surface area (Å²) < 4.78 is 363. The first-order valence-electron chi connectivity index (χ1n) is 52.0. The number of hydrogen-bond acceptors (Lipinski definition) is 0. The van der Waals surface area contributed by atoms with E-state index in [0.717, 1.165) is 0 Å². The van der Waals surface area contributed by atoms with Crippen LogP contribution >= 0.6 is 0 Å². The third kappa shape index (κ3) is 9.90. The first kappa shape index (κ1) is 31.7. The van der Waals surface area contributed by atoms with Crippen molar-refractivity contribution >= 4 is 87.2 Å². The highest BCUT2D eigenvalue weighted by atomic mass is 15.0. The molecular formula is C98H68N4. The highest BCUT2D eigenvalue weighted by Gasteiger charge is 2.27. The van der Waals surface area contributed by atoms with Gasteiger partial charge in [-0.15, -0.1) is 0 Å². The molecule has 4 nitrogen and oxygen atoms in total. The summed E-state index contributed by atoms with van der Waals surface area (Å²) in [5, 5.41) is 2.70. The fraction of sp³-hybridized carbons (Fsp3) is 0.0204. The Morgan fingerprint density at radius 1 is 0.216 bits per heavy atom. The van der Waals surface area contributed by atoms with Crippen molar-refractivity contribution in [1.29, 1.82) is 0 Å². The van der Waals surface area contributed by atoms with Crippen molar-refractivity contribution in [3.63, 3.8) is 0 Å². The summed E-state index contributed by atoms with van der Waals surface area (Å²) in [7, 11) is 0. The van der Waals surface area contributed by atoms with Gasteiger partial charge < -0.3 is 18.3 Å². The lowest BCUT2D eigenvalue weighted by atomic mass is 9.90. The molecule has 20 rings (SSSR count). The average molecular weight is 1340 g/mol. The van der Waals surface area contributed by atoms with Crippen LogP contribution in [0.1, 0.15) is 66.0 Å². The van der Waals surface area contributed by atoms with Gasteiger partial charge in [-0.3, -0.25) is 0 Å². The van der Waals surface area contributed by atoms with Gasteiger partial charge in [0.05, 0.1) is 122 Å². The first-order valence-corrected chi connectivity index (χ1v) is 32.0. The summed E-state index contributed by atoms with van der Waals surface area (Å²) in [6, 6.07) is 10.7. The molecule has 20 aromatic rings. The maximum Gasteiger partial charge on any atom is 0.0648 e. The second-order valence-corrected chi connectivity index (χ2v) is 23.7. The fourth-order valence-corrected chi connectivity index (χ4v) is 13.9. The predicted octanol–water partition coefficient (Wildman–Crippen LogP) is 26.4. The van der Waals surface area contributed by atoms with Crippen LogP contribution in [0.2, 0.25) is 0 Å². The van der Waals surface area contributed by atoms with Gasteiger partial charge in [-0.2, -0.15) is 0 Å². The molecule has 16 aromatic carbocycles. The molecule has 4 aromatic heterocycles. The molecule has 480 valence electrons. The van der Waals surface area contributed by atoms with E-state index in [9.17, 15) is 16.4 Å². The lowest BCUT2D eigenvalue weighted by Crippen LogP contribution is -2.02. The zero-order chi connectivity index (χ0) is 103. The molecule has 0 atom stereocenters. The van der Waals surface area contributed by atoms with Crippen LogP contribution in [-0.4, -0.2) is 18.3 Å². The molecule has 0 aliphatic carbocycles. The molecule has 0 aliphatic rings. The first-order chi connectivity index (χ1) is 67.1. The van der Waals surface area contributed by atoms with Crippen LogP contribution in [0.15, 0.2) is 375 Å². The van der Waals surface area contributed by atoms with E-state index in [-0.39, 0.29) is 118 Å². The van der Waals surface area contributed by atoms with Crippen molar-refractivity contribution in [2.45, 2.75) is 13.8 Å². The molecule has 0 N–H and O–H groups in total. The maximum atomic E-state index is 9.55. The molecule has 0 bridgehead atoms. The summed E-state index contributed by atoms with van der Waals surface area (Å²) in [6.07, 6.45) is 0. The number of para-hydroxylation sites is 5. The summed E-state index contributed by atoms with van der Waals surface area (Å²) in [5.41, 5.74) is -0.448. The Bertz CT molecular complexity index is 8770. The van der Waals surface area contributed by atoms with Crippen molar-refractivity contribution in [3.8, 4) is 89.5 Å². The number of fused-ring (bicyclic) bond motifs is 12. The standard InChI is InChI=1S/C50H36N2.C48H32N2/c1-33-29-43-39-23-12-14-25-44(39)51(48(43)30-34(33)2)46-27-16-28-47-49(46)40-24-13-15-26-45(40)52(47)50-41(36-19-8-4-9-20-36)31-38(35-17-6-3-7-18-35)32-42(50)37-21-10-5-11-22-37;1-4-17-33(18-5-1)36-31-40(34-19-6-2-7-20-34)48(41(32-36)35-21-8-3-9-22-35)50-44-28-15-12-25-39(44)47-45(29-16-30-46(47)50)49-42-26-13-10-23-37(42)38-24-11-14-27-43(38)49/h3-32H,1-2H3;1-32H/i3D,4D,5D,6D,7D,8D,9D,10D,11D,12D,14D,17D,18D,19D,20D,21D,22D,23D,25D,29D,30D;1D,2D,3D,4D,5D,6D,7D,8D,9D,10D,13D,17D,18D,19D,20D,21D,22D,23D,26D. The van der Waals surface area contributed by atoms with E-state index >= 15 is 0 Å². The van der Waals surface area contributed by atoms with Gasteiger partial charge in [-0.05, 0) is 160 Å². The molecule has 0 unspecified atom stereocenters. The quantitative estimate of drug-likeness (QED) is 0.130. The second-order valence-electron chi connectivity index (χ2n) is 23.7. The zero-order valence-electron chi connectivity index (χ0n) is 93.5. The van der Waals surface area contributed by atoms with E-state index in [0.29, 0.717) is 65.8 Å². The van der Waals surface area contributed by atoms with Gasteiger partial charge in [0, 0.05) is 65.3 Å². The highest BCUT2D eigenvalue weighted by Crippen LogP contribution is 2.49. The molecule has 4 heteroatoms. The Balaban J connectivity index is 0.000000181. The normalized spacial score (nSPS) is 17.1. The van der Waals surface area contributed by atoms with Crippen LogP contribution < -0.4 is 0 Å². The lowest BCUT2D eigenvalue weighted by molar-refractivity contribution is 1.17. The zero-order valence-corrected chi connectivity index (χ0v) is 53.5. The Hall–Kier alpha value is -13.3. The highest BCUT2D eigenvalue weighted by molar-refractivity contribution is 6.19. The number of benzene rings is 16. The van der Waals surface area contributed by atoms with Crippen molar-refractivity contribution < 1.29 is 54.8 Å². The molecular weight excluding hydrogens is 1230 g/mol. The average Bonchev–Trinajstić information content (AvgIpc) is 1.53. The maximum absolute atomic E-state index is 9.55. The minimum absolute atomic E-state index is 0.00137. The van der Waals surface area contributed by atoms with E-state index in [1.54, 1.807) is 137 Å². The largest absolute Gasteiger partial charge is 0.309 e. The predicted molar refractivity (Wildman–Crippen MR) is 432 cm³/mol. The van der Waals surface area contributed by atoms with Crippen LogP contribution in [0.5, 0.6) is 0 Å². The number of aromatic nitrogens is 4. The SMILES string of the molecule is [2H]c1c([2H])c([2H])c(-c2cc(-c3c([2H])c([2H])c([2H])c([2H])c3[2H])c(-n3c4ccccc4c4c(-n5c6c([2H])c([2H])c([2H])c([2H])c6c6c([2H])c(C)c(C)c([2H])c65)cccc43)c(-c3c([2H])c([2H])c([2H])c([2H])c3[2H])c2)c([2H])c1[2H].[2H]c1c([2H])c([2H])c(-c2cc(-c3c([2H])c([2H])c([2H])c([2H])c3[2H])c(-n3c4ccccc4c4c(-n5c6ccccc6c6c([2H])c([2H])c([2H])c([2H])c65)cccc43)c(-c3c([2H])c([2H])c([2H])c([2H])c3[2H])c2)c([2H])c1[2H]. The molecule has 0 spiro atoms. The molecule has 0 radical (unpaired) electrons. The molecule has 102 heavy (non-hydrogen) atoms.